The van der Waals surface area contributed by atoms with Crippen molar-refractivity contribution in [3.63, 3.8) is 0 Å². The van der Waals surface area contributed by atoms with Gasteiger partial charge in [-0.1, -0.05) is 30.3 Å². The number of hydrogen-bond donors (Lipinski definition) is 1. The van der Waals surface area contributed by atoms with Crippen LogP contribution in [0.25, 0.3) is 0 Å². The van der Waals surface area contributed by atoms with E-state index in [4.69, 9.17) is 0 Å². The molecule has 94 valence electrons. The van der Waals surface area contributed by atoms with Gasteiger partial charge >= 0.3 is 0 Å². The van der Waals surface area contributed by atoms with Gasteiger partial charge in [0.1, 0.15) is 11.6 Å². The highest BCUT2D eigenvalue weighted by Crippen LogP contribution is 2.19. The summed E-state index contributed by atoms with van der Waals surface area (Å²) in [6.45, 7) is 5.06. The molecule has 0 aliphatic carbocycles. The maximum absolute atomic E-state index is 4.32. The Hall–Kier alpha value is -1.68. The number of benzene rings is 1. The Bertz CT molecular complexity index is 514. The van der Waals surface area contributed by atoms with E-state index >= 15 is 0 Å². The second kappa shape index (κ2) is 4.90. The number of aromatic nitrogens is 3. The summed E-state index contributed by atoms with van der Waals surface area (Å²) >= 11 is 0. The van der Waals surface area contributed by atoms with E-state index < -0.39 is 0 Å². The van der Waals surface area contributed by atoms with Crippen molar-refractivity contribution in [1.29, 1.82) is 0 Å². The van der Waals surface area contributed by atoms with Crippen LogP contribution in [0.3, 0.4) is 0 Å². The lowest BCUT2D eigenvalue weighted by Crippen LogP contribution is -2.41. The van der Waals surface area contributed by atoms with Crippen molar-refractivity contribution < 1.29 is 0 Å². The van der Waals surface area contributed by atoms with Gasteiger partial charge in [-0.3, -0.25) is 0 Å². The average Bonchev–Trinajstić information content (AvgIpc) is 2.68. The average molecular weight is 242 g/mol. The maximum atomic E-state index is 4.32. The predicted octanol–water partition coefficient (Wildman–Crippen LogP) is 1.52. The Kier molecular flexibility index (Phi) is 3.11. The molecule has 0 radical (unpaired) electrons. The fourth-order valence-electron chi connectivity index (χ4n) is 2.33. The zero-order valence-corrected chi connectivity index (χ0v) is 10.6. The Morgan fingerprint density at radius 1 is 1.22 bits per heavy atom. The molecule has 0 atom stereocenters. The van der Waals surface area contributed by atoms with Gasteiger partial charge in [0.15, 0.2) is 0 Å². The first kappa shape index (κ1) is 11.4. The largest absolute Gasteiger partial charge is 0.315 e. The van der Waals surface area contributed by atoms with E-state index in [1.807, 2.05) is 6.92 Å². The minimum Gasteiger partial charge on any atom is -0.315 e. The van der Waals surface area contributed by atoms with Crippen molar-refractivity contribution in [3.8, 4) is 0 Å². The highest BCUT2D eigenvalue weighted by molar-refractivity contribution is 5.15. The van der Waals surface area contributed by atoms with Crippen molar-refractivity contribution in [1.82, 2.24) is 20.1 Å². The highest BCUT2D eigenvalue weighted by atomic mass is 15.3. The molecule has 0 amide bonds. The number of rotatable bonds is 4. The summed E-state index contributed by atoms with van der Waals surface area (Å²) in [5.74, 6) is 2.71. The third kappa shape index (κ3) is 2.16. The molecule has 0 bridgehead atoms. The molecule has 0 saturated carbocycles. The third-order valence-electron chi connectivity index (χ3n) is 3.58. The molecule has 4 nitrogen and oxygen atoms in total. The lowest BCUT2D eigenvalue weighted by atomic mass is 10.0. The second-order valence-electron chi connectivity index (χ2n) is 4.85. The lowest BCUT2D eigenvalue weighted by molar-refractivity contribution is 0.412. The number of aryl methyl sites for hydroxylation is 2. The molecule has 1 aliphatic rings. The van der Waals surface area contributed by atoms with Gasteiger partial charge in [-0.15, -0.1) is 10.2 Å². The molecule has 0 spiro atoms. The van der Waals surface area contributed by atoms with Crippen molar-refractivity contribution in [2.45, 2.75) is 25.8 Å². The van der Waals surface area contributed by atoms with E-state index in [2.05, 4.69) is 50.4 Å². The topological polar surface area (TPSA) is 42.7 Å². The van der Waals surface area contributed by atoms with E-state index in [1.54, 1.807) is 0 Å². The third-order valence-corrected chi connectivity index (χ3v) is 3.58. The normalized spacial score (nSPS) is 15.6. The Morgan fingerprint density at radius 3 is 2.67 bits per heavy atom. The molecular formula is C14H18N4. The first-order valence-corrected chi connectivity index (χ1v) is 6.49. The van der Waals surface area contributed by atoms with Gasteiger partial charge in [0.25, 0.3) is 0 Å². The van der Waals surface area contributed by atoms with Crippen LogP contribution in [-0.4, -0.2) is 27.9 Å². The molecule has 0 unspecified atom stereocenters. The molecule has 18 heavy (non-hydrogen) atoms. The van der Waals surface area contributed by atoms with Gasteiger partial charge in [-0.25, -0.2) is 0 Å². The lowest BCUT2D eigenvalue weighted by Gasteiger charge is -2.26. The van der Waals surface area contributed by atoms with E-state index in [0.717, 1.165) is 37.7 Å². The number of nitrogens with zero attached hydrogens (tertiary/aromatic N) is 3. The summed E-state index contributed by atoms with van der Waals surface area (Å²) in [5.41, 5.74) is 1.36. The number of hydrogen-bond acceptors (Lipinski definition) is 3. The molecule has 2 heterocycles. The molecule has 1 aromatic carbocycles. The first-order chi connectivity index (χ1) is 8.84. The molecule has 1 N–H and O–H groups in total. The van der Waals surface area contributed by atoms with Crippen LogP contribution in [0.15, 0.2) is 30.3 Å². The summed E-state index contributed by atoms with van der Waals surface area (Å²) in [6.07, 6.45) is 1.03. The minimum absolute atomic E-state index is 0.543. The van der Waals surface area contributed by atoms with E-state index in [1.165, 1.54) is 5.56 Å². The SMILES string of the molecule is Cc1nnc(C2CNC2)n1CCc1ccccc1. The predicted molar refractivity (Wildman–Crippen MR) is 70.5 cm³/mol. The molecule has 2 aromatic rings. The molecule has 1 fully saturated rings. The zero-order chi connectivity index (χ0) is 12.4. The molecule has 1 aromatic heterocycles. The molecule has 1 aliphatic heterocycles. The second-order valence-corrected chi connectivity index (χ2v) is 4.85. The standard InChI is InChI=1S/C14H18N4/c1-11-16-17-14(13-9-15-10-13)18(11)8-7-12-5-3-2-4-6-12/h2-6,13,15H,7-10H2,1H3. The van der Waals surface area contributed by atoms with Gasteiger partial charge < -0.3 is 9.88 Å². The van der Waals surface area contributed by atoms with Crippen LogP contribution in [0.4, 0.5) is 0 Å². The zero-order valence-electron chi connectivity index (χ0n) is 10.6. The van der Waals surface area contributed by atoms with E-state index in [0.29, 0.717) is 5.92 Å². The van der Waals surface area contributed by atoms with Crippen molar-refractivity contribution >= 4 is 0 Å². The minimum atomic E-state index is 0.543. The summed E-state index contributed by atoms with van der Waals surface area (Å²) in [4.78, 5) is 0. The highest BCUT2D eigenvalue weighted by Gasteiger charge is 2.25. The van der Waals surface area contributed by atoms with Gasteiger partial charge in [0.2, 0.25) is 0 Å². The summed E-state index contributed by atoms with van der Waals surface area (Å²) in [5, 5.41) is 11.8. The van der Waals surface area contributed by atoms with Crippen molar-refractivity contribution in [2.75, 3.05) is 13.1 Å². The van der Waals surface area contributed by atoms with Crippen LogP contribution in [0.5, 0.6) is 0 Å². The Balaban J connectivity index is 1.74. The molecular weight excluding hydrogens is 224 g/mol. The van der Waals surface area contributed by atoms with Gasteiger partial charge in [-0.05, 0) is 18.9 Å². The van der Waals surface area contributed by atoms with Crippen LogP contribution in [0, 0.1) is 6.92 Å². The maximum Gasteiger partial charge on any atom is 0.138 e. The fourth-order valence-corrected chi connectivity index (χ4v) is 2.33. The smallest absolute Gasteiger partial charge is 0.138 e. The first-order valence-electron chi connectivity index (χ1n) is 6.49. The van der Waals surface area contributed by atoms with E-state index in [-0.39, 0.29) is 0 Å². The van der Waals surface area contributed by atoms with Crippen LogP contribution < -0.4 is 5.32 Å². The Labute approximate surface area is 107 Å². The van der Waals surface area contributed by atoms with E-state index in [9.17, 15) is 0 Å². The van der Waals surface area contributed by atoms with Gasteiger partial charge in [0.05, 0.1) is 0 Å². The Morgan fingerprint density at radius 2 is 2.00 bits per heavy atom. The quantitative estimate of drug-likeness (QED) is 0.884. The number of nitrogens with one attached hydrogen (secondary N) is 1. The van der Waals surface area contributed by atoms with Gasteiger partial charge in [0, 0.05) is 25.6 Å². The molecule has 1 saturated heterocycles. The summed E-state index contributed by atoms with van der Waals surface area (Å²) in [7, 11) is 0. The summed E-state index contributed by atoms with van der Waals surface area (Å²) in [6, 6.07) is 10.6. The fraction of sp³-hybridized carbons (Fsp3) is 0.429. The van der Waals surface area contributed by atoms with Crippen LogP contribution in [-0.2, 0) is 13.0 Å². The van der Waals surface area contributed by atoms with Crippen LogP contribution in [0.1, 0.15) is 23.1 Å². The summed E-state index contributed by atoms with van der Waals surface area (Å²) < 4.78 is 2.26. The monoisotopic (exact) mass is 242 g/mol. The molecule has 3 rings (SSSR count). The molecule has 4 heteroatoms. The van der Waals surface area contributed by atoms with Crippen molar-refractivity contribution in [2.24, 2.45) is 0 Å². The van der Waals surface area contributed by atoms with Crippen LogP contribution >= 0.6 is 0 Å². The van der Waals surface area contributed by atoms with Crippen LogP contribution in [0.2, 0.25) is 0 Å². The van der Waals surface area contributed by atoms with Gasteiger partial charge in [-0.2, -0.15) is 0 Å². The van der Waals surface area contributed by atoms with Crippen molar-refractivity contribution in [3.05, 3.63) is 47.5 Å².